The Morgan fingerprint density at radius 2 is 0.976 bits per heavy atom. The van der Waals surface area contributed by atoms with Gasteiger partial charge in [-0.25, -0.2) is 0 Å². The number of nitrogens with zero attached hydrogens (tertiary/aromatic N) is 1. The molecule has 42 heavy (non-hydrogen) atoms. The van der Waals surface area contributed by atoms with Crippen molar-refractivity contribution >= 4 is 59.3 Å². The standard InChI is InChI=1S/C40H27NS/c1-2-11-33(12-3-1)41(34-23-19-29(20-24-34)32-18-17-28-9-4-5-10-31(28)27-32)35-25-21-30(22-26-35)36-14-8-15-38-37-13-6-7-16-39(37)42-40(36)38/h1-27H. The third-order valence-corrected chi connectivity index (χ3v) is 9.28. The molecule has 0 radical (unpaired) electrons. The number of hydrogen-bond donors (Lipinski definition) is 0. The minimum Gasteiger partial charge on any atom is -0.311 e. The highest BCUT2D eigenvalue weighted by molar-refractivity contribution is 7.26. The van der Waals surface area contributed by atoms with Gasteiger partial charge in [0, 0.05) is 37.2 Å². The van der Waals surface area contributed by atoms with Crippen LogP contribution < -0.4 is 4.90 Å². The van der Waals surface area contributed by atoms with Crippen LogP contribution in [-0.2, 0) is 0 Å². The van der Waals surface area contributed by atoms with Gasteiger partial charge in [-0.1, -0.05) is 115 Å². The molecule has 8 rings (SSSR count). The number of thiophene rings is 1. The van der Waals surface area contributed by atoms with Gasteiger partial charge >= 0.3 is 0 Å². The molecule has 0 fully saturated rings. The second kappa shape index (κ2) is 10.3. The molecular weight excluding hydrogens is 527 g/mol. The van der Waals surface area contributed by atoms with E-state index in [0.717, 1.165) is 17.1 Å². The monoisotopic (exact) mass is 553 g/mol. The van der Waals surface area contributed by atoms with Crippen LogP contribution in [-0.4, -0.2) is 0 Å². The normalized spacial score (nSPS) is 11.3. The molecule has 0 aliphatic heterocycles. The maximum absolute atomic E-state index is 2.33. The van der Waals surface area contributed by atoms with Crippen molar-refractivity contribution in [2.45, 2.75) is 0 Å². The molecule has 0 unspecified atom stereocenters. The Morgan fingerprint density at radius 1 is 0.381 bits per heavy atom. The zero-order valence-electron chi connectivity index (χ0n) is 22.9. The zero-order valence-corrected chi connectivity index (χ0v) is 23.8. The van der Waals surface area contributed by atoms with Crippen LogP contribution in [0.5, 0.6) is 0 Å². The molecule has 1 nitrogen and oxygen atoms in total. The van der Waals surface area contributed by atoms with Crippen molar-refractivity contribution in [3.8, 4) is 22.3 Å². The Bertz CT molecular complexity index is 2180. The van der Waals surface area contributed by atoms with Crippen LogP contribution in [0.1, 0.15) is 0 Å². The summed E-state index contributed by atoms with van der Waals surface area (Å²) in [7, 11) is 0. The van der Waals surface area contributed by atoms with Crippen molar-refractivity contribution in [2.24, 2.45) is 0 Å². The molecule has 0 saturated carbocycles. The highest BCUT2D eigenvalue weighted by Crippen LogP contribution is 2.41. The van der Waals surface area contributed by atoms with Gasteiger partial charge in [-0.15, -0.1) is 11.3 Å². The fourth-order valence-electron chi connectivity index (χ4n) is 5.96. The first-order valence-electron chi connectivity index (χ1n) is 14.3. The summed E-state index contributed by atoms with van der Waals surface area (Å²) >= 11 is 1.88. The van der Waals surface area contributed by atoms with Crippen LogP contribution in [0.25, 0.3) is 53.2 Å². The Labute approximate surface area is 249 Å². The van der Waals surface area contributed by atoms with Gasteiger partial charge in [-0.05, 0) is 81.6 Å². The van der Waals surface area contributed by atoms with E-state index in [-0.39, 0.29) is 0 Å². The first kappa shape index (κ1) is 24.6. The van der Waals surface area contributed by atoms with Crippen molar-refractivity contribution in [1.29, 1.82) is 0 Å². The molecule has 0 aliphatic carbocycles. The Kier molecular flexibility index (Phi) is 6.05. The predicted octanol–water partition coefficient (Wildman–Crippen LogP) is 12.0. The Hall–Kier alpha value is -5.18. The number of para-hydroxylation sites is 1. The summed E-state index contributed by atoms with van der Waals surface area (Å²) in [6.07, 6.45) is 0. The lowest BCUT2D eigenvalue weighted by atomic mass is 10.0. The van der Waals surface area contributed by atoms with Crippen LogP contribution in [0.4, 0.5) is 17.1 Å². The largest absolute Gasteiger partial charge is 0.311 e. The van der Waals surface area contributed by atoms with Crippen molar-refractivity contribution in [2.75, 3.05) is 4.90 Å². The molecule has 7 aromatic carbocycles. The third-order valence-electron chi connectivity index (χ3n) is 8.06. The van der Waals surface area contributed by atoms with Gasteiger partial charge < -0.3 is 4.90 Å². The second-order valence-electron chi connectivity index (χ2n) is 10.6. The molecule has 8 aromatic rings. The quantitative estimate of drug-likeness (QED) is 0.205. The summed E-state index contributed by atoms with van der Waals surface area (Å²) in [5.41, 5.74) is 8.35. The Balaban J connectivity index is 1.17. The lowest BCUT2D eigenvalue weighted by Gasteiger charge is -2.26. The minimum absolute atomic E-state index is 1.13. The fourth-order valence-corrected chi connectivity index (χ4v) is 7.20. The lowest BCUT2D eigenvalue weighted by Crippen LogP contribution is -2.09. The molecule has 0 saturated heterocycles. The summed E-state index contributed by atoms with van der Waals surface area (Å²) in [6.45, 7) is 0. The van der Waals surface area contributed by atoms with E-state index in [1.54, 1.807) is 0 Å². The van der Waals surface area contributed by atoms with Crippen LogP contribution in [0.15, 0.2) is 164 Å². The van der Waals surface area contributed by atoms with Gasteiger partial charge in [0.15, 0.2) is 0 Å². The topological polar surface area (TPSA) is 3.24 Å². The summed E-state index contributed by atoms with van der Waals surface area (Å²) in [5, 5.41) is 5.18. The van der Waals surface area contributed by atoms with E-state index in [0.29, 0.717) is 0 Å². The van der Waals surface area contributed by atoms with Crippen LogP contribution in [0.2, 0.25) is 0 Å². The van der Waals surface area contributed by atoms with E-state index >= 15 is 0 Å². The SMILES string of the molecule is c1ccc(N(c2ccc(-c3ccc4ccccc4c3)cc2)c2ccc(-c3cccc4c3sc3ccccc34)cc2)cc1. The second-order valence-corrected chi connectivity index (χ2v) is 11.7. The van der Waals surface area contributed by atoms with E-state index in [2.05, 4.69) is 169 Å². The van der Waals surface area contributed by atoms with Crippen molar-refractivity contribution in [3.63, 3.8) is 0 Å². The van der Waals surface area contributed by atoms with Gasteiger partial charge in [0.25, 0.3) is 0 Å². The average Bonchev–Trinajstić information content (AvgIpc) is 3.45. The molecule has 0 spiro atoms. The number of hydrogen-bond acceptors (Lipinski definition) is 2. The van der Waals surface area contributed by atoms with Crippen LogP contribution in [0, 0.1) is 0 Å². The van der Waals surface area contributed by atoms with E-state index in [1.807, 2.05) is 11.3 Å². The summed E-state index contributed by atoms with van der Waals surface area (Å²) in [5.74, 6) is 0. The molecule has 0 atom stereocenters. The van der Waals surface area contributed by atoms with Crippen molar-refractivity contribution in [3.05, 3.63) is 164 Å². The molecule has 1 aromatic heterocycles. The first-order valence-corrected chi connectivity index (χ1v) is 15.1. The van der Waals surface area contributed by atoms with Crippen LogP contribution >= 0.6 is 11.3 Å². The summed E-state index contributed by atoms with van der Waals surface area (Å²) in [6, 6.07) is 59.1. The van der Waals surface area contributed by atoms with Crippen LogP contribution in [0.3, 0.4) is 0 Å². The average molecular weight is 554 g/mol. The van der Waals surface area contributed by atoms with Gasteiger partial charge in [0.05, 0.1) is 0 Å². The maximum Gasteiger partial charge on any atom is 0.0462 e. The van der Waals surface area contributed by atoms with E-state index in [4.69, 9.17) is 0 Å². The zero-order chi connectivity index (χ0) is 27.9. The fraction of sp³-hybridized carbons (Fsp3) is 0. The molecule has 0 bridgehead atoms. The van der Waals surface area contributed by atoms with Gasteiger partial charge in [0.2, 0.25) is 0 Å². The lowest BCUT2D eigenvalue weighted by molar-refractivity contribution is 1.28. The van der Waals surface area contributed by atoms with Crippen molar-refractivity contribution < 1.29 is 0 Å². The highest BCUT2D eigenvalue weighted by atomic mass is 32.1. The molecule has 198 valence electrons. The molecule has 0 N–H and O–H groups in total. The molecule has 2 heteroatoms. The number of rotatable bonds is 5. The number of anilines is 3. The maximum atomic E-state index is 2.33. The number of benzene rings is 7. The smallest absolute Gasteiger partial charge is 0.0462 e. The molecule has 1 heterocycles. The van der Waals surface area contributed by atoms with Gasteiger partial charge in [-0.2, -0.15) is 0 Å². The van der Waals surface area contributed by atoms with Gasteiger partial charge in [-0.3, -0.25) is 0 Å². The third kappa shape index (κ3) is 4.34. The molecular formula is C40H27NS. The minimum atomic E-state index is 1.13. The first-order chi connectivity index (χ1) is 20.8. The van der Waals surface area contributed by atoms with E-state index < -0.39 is 0 Å². The van der Waals surface area contributed by atoms with Crippen molar-refractivity contribution in [1.82, 2.24) is 0 Å². The van der Waals surface area contributed by atoms with E-state index in [1.165, 1.54) is 53.2 Å². The predicted molar refractivity (Wildman–Crippen MR) is 182 cm³/mol. The van der Waals surface area contributed by atoms with Gasteiger partial charge in [0.1, 0.15) is 0 Å². The summed E-state index contributed by atoms with van der Waals surface area (Å²) in [4.78, 5) is 2.33. The Morgan fingerprint density at radius 3 is 1.76 bits per heavy atom. The molecule has 0 aliphatic rings. The van der Waals surface area contributed by atoms with E-state index in [9.17, 15) is 0 Å². The highest BCUT2D eigenvalue weighted by Gasteiger charge is 2.14. The number of fused-ring (bicyclic) bond motifs is 4. The summed E-state index contributed by atoms with van der Waals surface area (Å²) < 4.78 is 2.68. The molecule has 0 amide bonds.